The highest BCUT2D eigenvalue weighted by Gasteiger charge is 2.14. The van der Waals surface area contributed by atoms with Crippen LogP contribution in [0.1, 0.15) is 34.9 Å². The molecule has 8 heteroatoms. The Balaban J connectivity index is 1.37. The SMILES string of the molecule is Clc1cc(Cl)cc(Cc2nnc(CCc3c[nH]c4ccccc34)n2CCCc2cnc[nH]2)c1. The highest BCUT2D eigenvalue weighted by molar-refractivity contribution is 6.34. The third kappa shape index (κ3) is 5.13. The smallest absolute Gasteiger partial charge is 0.137 e. The first-order chi connectivity index (χ1) is 16.2. The molecule has 0 aliphatic carbocycles. The maximum Gasteiger partial charge on any atom is 0.137 e. The van der Waals surface area contributed by atoms with E-state index in [1.54, 1.807) is 12.4 Å². The summed E-state index contributed by atoms with van der Waals surface area (Å²) in [6, 6.07) is 14.0. The number of aromatic amines is 2. The molecule has 5 rings (SSSR count). The van der Waals surface area contributed by atoms with Gasteiger partial charge >= 0.3 is 0 Å². The van der Waals surface area contributed by atoms with E-state index in [0.29, 0.717) is 16.5 Å². The lowest BCUT2D eigenvalue weighted by atomic mass is 10.1. The maximum absolute atomic E-state index is 6.22. The first-order valence-corrected chi connectivity index (χ1v) is 11.8. The van der Waals surface area contributed by atoms with Crippen LogP contribution < -0.4 is 0 Å². The molecular weight excluding hydrogens is 455 g/mol. The molecule has 0 saturated carbocycles. The van der Waals surface area contributed by atoms with Crippen LogP contribution in [-0.4, -0.2) is 29.7 Å². The lowest BCUT2D eigenvalue weighted by Crippen LogP contribution is -2.10. The number of rotatable bonds is 9. The molecule has 33 heavy (non-hydrogen) atoms. The summed E-state index contributed by atoms with van der Waals surface area (Å²) in [5, 5.41) is 11.6. The number of para-hydroxylation sites is 1. The minimum absolute atomic E-state index is 0.627. The van der Waals surface area contributed by atoms with Gasteiger partial charge < -0.3 is 14.5 Å². The van der Waals surface area contributed by atoms with E-state index >= 15 is 0 Å². The summed E-state index contributed by atoms with van der Waals surface area (Å²) in [4.78, 5) is 10.6. The van der Waals surface area contributed by atoms with Crippen molar-refractivity contribution in [1.82, 2.24) is 29.7 Å². The molecule has 0 bridgehead atoms. The fourth-order valence-corrected chi connectivity index (χ4v) is 4.85. The van der Waals surface area contributed by atoms with Crippen molar-refractivity contribution < 1.29 is 0 Å². The zero-order valence-electron chi connectivity index (χ0n) is 18.1. The van der Waals surface area contributed by atoms with Crippen LogP contribution in [0.4, 0.5) is 0 Å². The minimum atomic E-state index is 0.627. The molecule has 3 heterocycles. The molecule has 0 aliphatic rings. The molecular formula is C25H24Cl2N6. The van der Waals surface area contributed by atoms with Crippen LogP contribution in [0, 0.1) is 0 Å². The normalized spacial score (nSPS) is 11.5. The van der Waals surface area contributed by atoms with Crippen LogP contribution in [0.2, 0.25) is 10.0 Å². The highest BCUT2D eigenvalue weighted by atomic mass is 35.5. The Kier molecular flexibility index (Phi) is 6.46. The molecule has 168 valence electrons. The third-order valence-electron chi connectivity index (χ3n) is 5.86. The van der Waals surface area contributed by atoms with E-state index in [9.17, 15) is 0 Å². The number of nitrogens with zero attached hydrogens (tertiary/aromatic N) is 4. The Hall–Kier alpha value is -3.09. The molecule has 0 amide bonds. The van der Waals surface area contributed by atoms with Gasteiger partial charge in [-0.1, -0.05) is 41.4 Å². The topological polar surface area (TPSA) is 75.2 Å². The van der Waals surface area contributed by atoms with Crippen molar-refractivity contribution in [1.29, 1.82) is 0 Å². The Morgan fingerprint density at radius 3 is 2.52 bits per heavy atom. The Labute approximate surface area is 202 Å². The Bertz CT molecular complexity index is 1330. The number of hydrogen-bond donors (Lipinski definition) is 2. The standard InChI is InChI=1S/C25H24Cl2N6/c26-19-10-17(11-20(27)13-19)12-25-32-31-24(33(25)9-3-4-21-15-28-16-30-21)8-7-18-14-29-23-6-2-1-5-22(18)23/h1-2,5-6,10-11,13-16,29H,3-4,7-9,12H2,(H,28,30). The quantitative estimate of drug-likeness (QED) is 0.281. The van der Waals surface area contributed by atoms with Gasteiger partial charge in [-0.2, -0.15) is 0 Å². The van der Waals surface area contributed by atoms with Gasteiger partial charge in [0, 0.05) is 58.4 Å². The molecule has 0 aliphatic heterocycles. The summed E-state index contributed by atoms with van der Waals surface area (Å²) in [5.74, 6) is 1.92. The van der Waals surface area contributed by atoms with Gasteiger partial charge in [0.05, 0.1) is 6.33 Å². The Morgan fingerprint density at radius 2 is 1.70 bits per heavy atom. The first kappa shape index (κ1) is 21.7. The molecule has 0 fully saturated rings. The molecule has 0 saturated heterocycles. The number of fused-ring (bicyclic) bond motifs is 1. The second-order valence-corrected chi connectivity index (χ2v) is 9.05. The number of H-pyrrole nitrogens is 2. The zero-order chi connectivity index (χ0) is 22.6. The van der Waals surface area contributed by atoms with E-state index in [1.165, 1.54) is 10.9 Å². The monoisotopic (exact) mass is 478 g/mol. The van der Waals surface area contributed by atoms with Crippen LogP contribution in [0.15, 0.2) is 61.2 Å². The van der Waals surface area contributed by atoms with Gasteiger partial charge in [0.2, 0.25) is 0 Å². The lowest BCUT2D eigenvalue weighted by molar-refractivity contribution is 0.585. The molecule has 0 radical (unpaired) electrons. The molecule has 2 N–H and O–H groups in total. The zero-order valence-corrected chi connectivity index (χ0v) is 19.6. The van der Waals surface area contributed by atoms with Crippen LogP contribution in [-0.2, 0) is 32.2 Å². The average molecular weight is 479 g/mol. The van der Waals surface area contributed by atoms with Crippen LogP contribution in [0.25, 0.3) is 10.9 Å². The lowest BCUT2D eigenvalue weighted by Gasteiger charge is -2.11. The number of nitrogens with one attached hydrogen (secondary N) is 2. The number of imidazole rings is 1. The Morgan fingerprint density at radius 1 is 0.879 bits per heavy atom. The molecule has 2 aromatic carbocycles. The third-order valence-corrected chi connectivity index (χ3v) is 6.30. The van der Waals surface area contributed by atoms with Gasteiger partial charge in [-0.15, -0.1) is 10.2 Å². The summed E-state index contributed by atoms with van der Waals surface area (Å²) in [5.41, 5.74) is 4.61. The summed E-state index contributed by atoms with van der Waals surface area (Å²) in [6.45, 7) is 0.832. The largest absolute Gasteiger partial charge is 0.361 e. The van der Waals surface area contributed by atoms with Crippen molar-refractivity contribution >= 4 is 34.1 Å². The number of halogens is 2. The van der Waals surface area contributed by atoms with Crippen molar-refractivity contribution in [2.24, 2.45) is 0 Å². The fourth-order valence-electron chi connectivity index (χ4n) is 4.28. The van der Waals surface area contributed by atoms with E-state index in [2.05, 4.69) is 54.1 Å². The van der Waals surface area contributed by atoms with Crippen LogP contribution in [0.3, 0.4) is 0 Å². The van der Waals surface area contributed by atoms with Crippen molar-refractivity contribution in [3.05, 3.63) is 99.7 Å². The average Bonchev–Trinajstić information content (AvgIpc) is 3.53. The summed E-state index contributed by atoms with van der Waals surface area (Å²) >= 11 is 12.4. The first-order valence-electron chi connectivity index (χ1n) is 11.0. The van der Waals surface area contributed by atoms with Crippen LogP contribution >= 0.6 is 23.2 Å². The molecule has 6 nitrogen and oxygen atoms in total. The van der Waals surface area contributed by atoms with E-state index in [-0.39, 0.29) is 0 Å². The van der Waals surface area contributed by atoms with Gasteiger partial charge in [0.25, 0.3) is 0 Å². The van der Waals surface area contributed by atoms with Gasteiger partial charge in [0.15, 0.2) is 0 Å². The predicted molar refractivity (Wildman–Crippen MR) is 132 cm³/mol. The van der Waals surface area contributed by atoms with Gasteiger partial charge in [-0.25, -0.2) is 4.98 Å². The number of aryl methyl sites for hydroxylation is 3. The van der Waals surface area contributed by atoms with Crippen molar-refractivity contribution in [2.45, 2.75) is 38.6 Å². The van der Waals surface area contributed by atoms with Crippen molar-refractivity contribution in [3.63, 3.8) is 0 Å². The molecule has 3 aromatic heterocycles. The molecule has 0 spiro atoms. The van der Waals surface area contributed by atoms with Gasteiger partial charge in [-0.3, -0.25) is 0 Å². The number of aromatic nitrogens is 6. The van der Waals surface area contributed by atoms with Gasteiger partial charge in [-0.05, 0) is 54.7 Å². The predicted octanol–water partition coefficient (Wildman–Crippen LogP) is 5.80. The van der Waals surface area contributed by atoms with Crippen molar-refractivity contribution in [2.75, 3.05) is 0 Å². The highest BCUT2D eigenvalue weighted by Crippen LogP contribution is 2.23. The molecule has 5 aromatic rings. The van der Waals surface area contributed by atoms with E-state index in [4.69, 9.17) is 23.2 Å². The van der Waals surface area contributed by atoms with E-state index < -0.39 is 0 Å². The minimum Gasteiger partial charge on any atom is -0.361 e. The summed E-state index contributed by atoms with van der Waals surface area (Å²) < 4.78 is 2.25. The van der Waals surface area contributed by atoms with Crippen LogP contribution in [0.5, 0.6) is 0 Å². The molecule has 0 unspecified atom stereocenters. The second kappa shape index (κ2) is 9.81. The van der Waals surface area contributed by atoms with Crippen molar-refractivity contribution in [3.8, 4) is 0 Å². The summed E-state index contributed by atoms with van der Waals surface area (Å²) in [7, 11) is 0. The van der Waals surface area contributed by atoms with E-state index in [0.717, 1.165) is 60.7 Å². The van der Waals surface area contributed by atoms with Gasteiger partial charge in [0.1, 0.15) is 11.6 Å². The second-order valence-electron chi connectivity index (χ2n) is 8.18. The maximum atomic E-state index is 6.22. The van der Waals surface area contributed by atoms with E-state index in [1.807, 2.05) is 24.4 Å². The number of hydrogen-bond acceptors (Lipinski definition) is 3. The summed E-state index contributed by atoms with van der Waals surface area (Å²) in [6.07, 6.45) is 9.91. The number of benzene rings is 2. The fraction of sp³-hybridized carbons (Fsp3) is 0.240. The molecule has 0 atom stereocenters.